The maximum atomic E-state index is 14.3. The van der Waals surface area contributed by atoms with E-state index in [-0.39, 0.29) is 24.3 Å². The van der Waals surface area contributed by atoms with E-state index in [1.54, 1.807) is 18.5 Å². The van der Waals surface area contributed by atoms with Crippen molar-refractivity contribution in [2.24, 2.45) is 7.05 Å². The van der Waals surface area contributed by atoms with Gasteiger partial charge >= 0.3 is 0 Å². The minimum absolute atomic E-state index is 0. The van der Waals surface area contributed by atoms with Crippen molar-refractivity contribution in [1.29, 1.82) is 0 Å². The van der Waals surface area contributed by atoms with Gasteiger partial charge in [-0.1, -0.05) is 0 Å². The molecule has 0 unspecified atom stereocenters. The summed E-state index contributed by atoms with van der Waals surface area (Å²) in [6.45, 7) is 2.79. The highest BCUT2D eigenvalue weighted by molar-refractivity contribution is 5.85. The predicted molar refractivity (Wildman–Crippen MR) is 101 cm³/mol. The highest BCUT2D eigenvalue weighted by Gasteiger charge is 2.22. The number of halogens is 2. The Kier molecular flexibility index (Phi) is 5.74. The molecule has 3 heterocycles. The number of likely N-dealkylation sites (tertiary alicyclic amines) is 1. The second-order valence-electron chi connectivity index (χ2n) is 6.62. The number of piperidine rings is 1. The molecule has 1 saturated heterocycles. The van der Waals surface area contributed by atoms with Gasteiger partial charge in [0.05, 0.1) is 6.20 Å². The molecule has 3 aromatic rings. The first-order valence-electron chi connectivity index (χ1n) is 8.57. The summed E-state index contributed by atoms with van der Waals surface area (Å²) >= 11 is 0. The molecule has 1 aliphatic heterocycles. The third-order valence-corrected chi connectivity index (χ3v) is 4.68. The van der Waals surface area contributed by atoms with Crippen LogP contribution in [-0.2, 0) is 13.6 Å². The first-order chi connectivity index (χ1) is 12.2. The van der Waals surface area contributed by atoms with E-state index in [1.807, 2.05) is 30.2 Å². The van der Waals surface area contributed by atoms with E-state index >= 15 is 0 Å². The van der Waals surface area contributed by atoms with Crippen LogP contribution in [0, 0.1) is 5.82 Å². The highest BCUT2D eigenvalue weighted by atomic mass is 35.5. The molecule has 0 saturated carbocycles. The average molecular weight is 377 g/mol. The van der Waals surface area contributed by atoms with Gasteiger partial charge in [0.15, 0.2) is 11.6 Å². The number of fused-ring (bicyclic) bond motifs is 1. The molecule has 5 nitrogen and oxygen atoms in total. The Balaban J connectivity index is 0.00000196. The average Bonchev–Trinajstić information content (AvgIpc) is 3.02. The number of aromatic nitrogens is 3. The number of rotatable bonds is 4. The van der Waals surface area contributed by atoms with Gasteiger partial charge in [-0.25, -0.2) is 4.39 Å². The van der Waals surface area contributed by atoms with E-state index in [9.17, 15) is 4.39 Å². The molecule has 7 heteroatoms. The van der Waals surface area contributed by atoms with Crippen molar-refractivity contribution in [3.05, 3.63) is 54.4 Å². The number of hydrogen-bond donors (Lipinski definition) is 0. The summed E-state index contributed by atoms with van der Waals surface area (Å²) in [6, 6.07) is 5.14. The maximum absolute atomic E-state index is 14.3. The Labute approximate surface area is 158 Å². The topological polar surface area (TPSA) is 43.2 Å². The van der Waals surface area contributed by atoms with E-state index in [0.717, 1.165) is 43.2 Å². The minimum atomic E-state index is -0.321. The monoisotopic (exact) mass is 376 g/mol. The summed E-state index contributed by atoms with van der Waals surface area (Å²) in [7, 11) is 1.93. The molecular weight excluding hydrogens is 355 g/mol. The van der Waals surface area contributed by atoms with Gasteiger partial charge in [-0.05, 0) is 36.4 Å². The van der Waals surface area contributed by atoms with Crippen LogP contribution in [0.1, 0.15) is 18.4 Å². The van der Waals surface area contributed by atoms with Gasteiger partial charge in [-0.3, -0.25) is 14.6 Å². The molecule has 138 valence electrons. The number of nitrogens with zero attached hydrogens (tertiary/aromatic N) is 4. The normalized spacial score (nSPS) is 15.8. The van der Waals surface area contributed by atoms with E-state index in [4.69, 9.17) is 4.74 Å². The molecule has 26 heavy (non-hydrogen) atoms. The Morgan fingerprint density at radius 2 is 2.00 bits per heavy atom. The Morgan fingerprint density at radius 1 is 1.19 bits per heavy atom. The summed E-state index contributed by atoms with van der Waals surface area (Å²) in [5, 5.41) is 5.94. The van der Waals surface area contributed by atoms with E-state index in [0.29, 0.717) is 5.75 Å². The molecule has 0 atom stereocenters. The van der Waals surface area contributed by atoms with Gasteiger partial charge in [-0.2, -0.15) is 5.10 Å². The number of aryl methyl sites for hydroxylation is 1. The Bertz CT molecular complexity index is 877. The van der Waals surface area contributed by atoms with Gasteiger partial charge in [0.1, 0.15) is 6.10 Å². The van der Waals surface area contributed by atoms with Crippen LogP contribution in [0.3, 0.4) is 0 Å². The van der Waals surface area contributed by atoms with Crippen molar-refractivity contribution >= 4 is 23.2 Å². The lowest BCUT2D eigenvalue weighted by atomic mass is 10.1. The molecule has 0 aliphatic carbocycles. The standard InChI is InChI=1S/C19H21FN4O.ClH/c1-23-12-14(10-22-23)13-24-6-3-17(4-7-24)25-19-9-15-2-5-21-11-16(15)8-18(19)20;/h2,5,8-12,17H,3-4,6-7,13H2,1H3;1H. The Hall–Kier alpha value is -2.18. The van der Waals surface area contributed by atoms with Crippen molar-refractivity contribution in [3.63, 3.8) is 0 Å². The lowest BCUT2D eigenvalue weighted by Crippen LogP contribution is -2.37. The molecule has 0 N–H and O–H groups in total. The second kappa shape index (κ2) is 8.01. The summed E-state index contributed by atoms with van der Waals surface area (Å²) in [5.41, 5.74) is 1.22. The predicted octanol–water partition coefficient (Wildman–Crippen LogP) is 3.57. The summed E-state index contributed by atoms with van der Waals surface area (Å²) in [4.78, 5) is 6.41. The third kappa shape index (κ3) is 4.14. The van der Waals surface area contributed by atoms with Crippen LogP contribution in [-0.4, -0.2) is 38.9 Å². The van der Waals surface area contributed by atoms with Crippen molar-refractivity contribution in [2.75, 3.05) is 13.1 Å². The Morgan fingerprint density at radius 3 is 2.73 bits per heavy atom. The zero-order valence-electron chi connectivity index (χ0n) is 14.6. The van der Waals surface area contributed by atoms with E-state index in [2.05, 4.69) is 15.0 Å². The molecule has 0 spiro atoms. The molecule has 1 fully saturated rings. The van der Waals surface area contributed by atoms with Crippen LogP contribution >= 0.6 is 12.4 Å². The van der Waals surface area contributed by atoms with Gasteiger partial charge in [0.2, 0.25) is 0 Å². The minimum Gasteiger partial charge on any atom is -0.487 e. The van der Waals surface area contributed by atoms with E-state index < -0.39 is 0 Å². The third-order valence-electron chi connectivity index (χ3n) is 4.68. The van der Waals surface area contributed by atoms with E-state index in [1.165, 1.54) is 11.6 Å². The molecule has 2 aromatic heterocycles. The van der Waals surface area contributed by atoms with Crippen LogP contribution < -0.4 is 4.74 Å². The van der Waals surface area contributed by atoms with Gasteiger partial charge < -0.3 is 4.74 Å². The van der Waals surface area contributed by atoms with Crippen LogP contribution in [0.15, 0.2) is 43.0 Å². The van der Waals surface area contributed by atoms with Crippen LogP contribution in [0.4, 0.5) is 4.39 Å². The van der Waals surface area contributed by atoms with Crippen molar-refractivity contribution in [3.8, 4) is 5.75 Å². The summed E-state index contributed by atoms with van der Waals surface area (Å²) < 4.78 is 22.0. The molecule has 0 bridgehead atoms. The number of hydrogen-bond acceptors (Lipinski definition) is 4. The fourth-order valence-corrected chi connectivity index (χ4v) is 3.35. The first kappa shape index (κ1) is 18.6. The second-order valence-corrected chi connectivity index (χ2v) is 6.62. The number of benzene rings is 1. The fourth-order valence-electron chi connectivity index (χ4n) is 3.35. The molecule has 1 aromatic carbocycles. The summed E-state index contributed by atoms with van der Waals surface area (Å²) in [5.74, 6) is 0.0164. The molecule has 0 radical (unpaired) electrons. The fraction of sp³-hybridized carbons (Fsp3) is 0.368. The summed E-state index contributed by atoms with van der Waals surface area (Å²) in [6.07, 6.45) is 9.17. The molecule has 0 amide bonds. The quantitative estimate of drug-likeness (QED) is 0.698. The smallest absolute Gasteiger partial charge is 0.165 e. The van der Waals surface area contributed by atoms with Gasteiger partial charge in [0.25, 0.3) is 0 Å². The lowest BCUT2D eigenvalue weighted by Gasteiger charge is -2.32. The first-order valence-corrected chi connectivity index (χ1v) is 8.57. The number of pyridine rings is 1. The van der Waals surface area contributed by atoms with Crippen LogP contribution in [0.25, 0.3) is 10.8 Å². The molecule has 4 rings (SSSR count). The zero-order chi connectivity index (χ0) is 17.2. The maximum Gasteiger partial charge on any atom is 0.165 e. The molecular formula is C19H22ClFN4O. The zero-order valence-corrected chi connectivity index (χ0v) is 15.5. The van der Waals surface area contributed by atoms with Gasteiger partial charge in [-0.15, -0.1) is 12.4 Å². The van der Waals surface area contributed by atoms with Crippen LogP contribution in [0.2, 0.25) is 0 Å². The van der Waals surface area contributed by atoms with Gasteiger partial charge in [0, 0.05) is 56.2 Å². The molecule has 1 aliphatic rings. The lowest BCUT2D eigenvalue weighted by molar-refractivity contribution is 0.0937. The van der Waals surface area contributed by atoms with Crippen molar-refractivity contribution in [1.82, 2.24) is 19.7 Å². The SMILES string of the molecule is Cl.Cn1cc(CN2CCC(Oc3cc4ccncc4cc3F)CC2)cn1. The highest BCUT2D eigenvalue weighted by Crippen LogP contribution is 2.27. The largest absolute Gasteiger partial charge is 0.487 e. The number of ether oxygens (including phenoxy) is 1. The van der Waals surface area contributed by atoms with Crippen LogP contribution in [0.5, 0.6) is 5.75 Å². The van der Waals surface area contributed by atoms with Crippen molar-refractivity contribution in [2.45, 2.75) is 25.5 Å². The van der Waals surface area contributed by atoms with Crippen molar-refractivity contribution < 1.29 is 9.13 Å².